The minimum absolute atomic E-state index is 0. The van der Waals surface area contributed by atoms with E-state index in [9.17, 15) is 0 Å². The van der Waals surface area contributed by atoms with Crippen LogP contribution in [-0.2, 0) is 6.54 Å². The average Bonchev–Trinajstić information content (AvgIpc) is 3.13. The third kappa shape index (κ3) is 7.13. The topological polar surface area (TPSA) is 48.9 Å². The van der Waals surface area contributed by atoms with E-state index in [1.165, 1.54) is 10.4 Å². The van der Waals surface area contributed by atoms with Crippen LogP contribution in [0.3, 0.4) is 0 Å². The minimum atomic E-state index is 0. The second-order valence-electron chi connectivity index (χ2n) is 5.91. The molecule has 0 aliphatic rings. The first-order valence-corrected chi connectivity index (χ1v) is 9.37. The molecule has 2 rings (SSSR count). The van der Waals surface area contributed by atoms with Gasteiger partial charge in [0.15, 0.2) is 5.96 Å². The van der Waals surface area contributed by atoms with Crippen LogP contribution in [0.4, 0.5) is 0 Å². The van der Waals surface area contributed by atoms with E-state index in [0.717, 1.165) is 24.8 Å². The van der Waals surface area contributed by atoms with Gasteiger partial charge in [-0.1, -0.05) is 18.2 Å². The lowest BCUT2D eigenvalue weighted by atomic mass is 10.1. The van der Waals surface area contributed by atoms with Gasteiger partial charge in [0.25, 0.3) is 0 Å². The molecule has 1 heterocycles. The van der Waals surface area contributed by atoms with E-state index < -0.39 is 0 Å². The lowest BCUT2D eigenvalue weighted by Gasteiger charge is -2.26. The quantitative estimate of drug-likeness (QED) is 0.338. The average molecular weight is 488 g/mol. The van der Waals surface area contributed by atoms with Crippen molar-refractivity contribution in [1.29, 1.82) is 0 Å². The molecule has 144 valence electrons. The van der Waals surface area contributed by atoms with Crippen molar-refractivity contribution in [3.8, 4) is 5.75 Å². The van der Waals surface area contributed by atoms with Gasteiger partial charge >= 0.3 is 0 Å². The van der Waals surface area contributed by atoms with Gasteiger partial charge in [-0.2, -0.15) is 0 Å². The van der Waals surface area contributed by atoms with Crippen LogP contribution in [0.15, 0.2) is 46.8 Å². The first-order chi connectivity index (χ1) is 12.1. The van der Waals surface area contributed by atoms with Gasteiger partial charge in [0, 0.05) is 18.0 Å². The summed E-state index contributed by atoms with van der Waals surface area (Å²) in [4.78, 5) is 8.14. The summed E-state index contributed by atoms with van der Waals surface area (Å²) in [5.74, 6) is 1.72. The molecule has 0 spiro atoms. The van der Waals surface area contributed by atoms with Crippen molar-refractivity contribution in [1.82, 2.24) is 15.5 Å². The summed E-state index contributed by atoms with van der Waals surface area (Å²) in [6.07, 6.45) is 0. The number of nitrogens with zero attached hydrogens (tertiary/aromatic N) is 2. The molecule has 0 aliphatic carbocycles. The zero-order chi connectivity index (χ0) is 18.1. The van der Waals surface area contributed by atoms with Gasteiger partial charge in [-0.15, -0.1) is 35.3 Å². The third-order valence-electron chi connectivity index (χ3n) is 3.90. The minimum Gasteiger partial charge on any atom is -0.497 e. The zero-order valence-electron chi connectivity index (χ0n) is 15.9. The number of hydrogen-bond donors (Lipinski definition) is 2. The van der Waals surface area contributed by atoms with Gasteiger partial charge in [0.1, 0.15) is 5.75 Å². The van der Waals surface area contributed by atoms with Crippen LogP contribution in [0.25, 0.3) is 0 Å². The monoisotopic (exact) mass is 488 g/mol. The molecule has 0 bridgehead atoms. The number of benzene rings is 1. The number of rotatable bonds is 8. The molecule has 1 aromatic heterocycles. The summed E-state index contributed by atoms with van der Waals surface area (Å²) in [6.45, 7) is 4.39. The van der Waals surface area contributed by atoms with Crippen LogP contribution in [-0.4, -0.2) is 45.2 Å². The second-order valence-corrected chi connectivity index (χ2v) is 6.94. The Morgan fingerprint density at radius 2 is 1.92 bits per heavy atom. The van der Waals surface area contributed by atoms with E-state index in [-0.39, 0.29) is 30.0 Å². The van der Waals surface area contributed by atoms with Crippen LogP contribution in [0.5, 0.6) is 5.75 Å². The second kappa shape index (κ2) is 12.1. The van der Waals surface area contributed by atoms with Gasteiger partial charge in [-0.3, -0.25) is 0 Å². The first kappa shape index (κ1) is 22.7. The molecule has 0 amide bonds. The fourth-order valence-corrected chi connectivity index (χ4v) is 3.15. The van der Waals surface area contributed by atoms with Gasteiger partial charge < -0.3 is 20.3 Å². The summed E-state index contributed by atoms with van der Waals surface area (Å²) in [6, 6.07) is 12.6. The molecule has 0 aliphatic heterocycles. The number of nitrogens with one attached hydrogen (secondary N) is 2. The van der Waals surface area contributed by atoms with Gasteiger partial charge in [-0.05, 0) is 50.2 Å². The molecule has 7 heteroatoms. The highest BCUT2D eigenvalue weighted by molar-refractivity contribution is 14.0. The van der Waals surface area contributed by atoms with Crippen molar-refractivity contribution in [2.45, 2.75) is 19.5 Å². The molecule has 0 fully saturated rings. The molecule has 1 atom stereocenters. The largest absolute Gasteiger partial charge is 0.497 e. The molecular formula is C19H29IN4OS. The Morgan fingerprint density at radius 3 is 2.46 bits per heavy atom. The summed E-state index contributed by atoms with van der Waals surface area (Å²) in [5.41, 5.74) is 1.24. The van der Waals surface area contributed by atoms with Crippen molar-refractivity contribution in [2.75, 3.05) is 34.3 Å². The molecule has 2 N–H and O–H groups in total. The van der Waals surface area contributed by atoms with E-state index >= 15 is 0 Å². The molecule has 1 unspecified atom stereocenters. The van der Waals surface area contributed by atoms with Crippen molar-refractivity contribution in [3.63, 3.8) is 0 Å². The number of halogens is 1. The molecule has 2 aromatic rings. The third-order valence-corrected chi connectivity index (χ3v) is 4.77. The van der Waals surface area contributed by atoms with Crippen LogP contribution in [0.2, 0.25) is 0 Å². The fourth-order valence-electron chi connectivity index (χ4n) is 2.52. The Kier molecular flexibility index (Phi) is 10.6. The normalized spacial score (nSPS) is 12.4. The smallest absolute Gasteiger partial charge is 0.191 e. The number of guanidine groups is 1. The zero-order valence-corrected chi connectivity index (χ0v) is 19.0. The molecule has 0 radical (unpaired) electrons. The number of thiophene rings is 1. The van der Waals surface area contributed by atoms with Gasteiger partial charge in [0.05, 0.1) is 19.7 Å². The number of aliphatic imine (C=N–C) groups is 1. The van der Waals surface area contributed by atoms with Crippen molar-refractivity contribution >= 4 is 41.3 Å². The SMILES string of the molecule is CCNC(=NCc1cccs1)NCC(c1ccc(OC)cc1)N(C)C.I. The Labute approximate surface area is 177 Å². The summed E-state index contributed by atoms with van der Waals surface area (Å²) in [5, 5.41) is 8.86. The summed E-state index contributed by atoms with van der Waals surface area (Å²) < 4.78 is 5.25. The standard InChI is InChI=1S/C19H28N4OS.HI/c1-5-20-19(21-13-17-7-6-12-25-17)22-14-18(23(2)3)15-8-10-16(24-4)11-9-15;/h6-12,18H,5,13-14H2,1-4H3,(H2,20,21,22);1H. The lowest BCUT2D eigenvalue weighted by molar-refractivity contribution is 0.298. The number of methoxy groups -OCH3 is 1. The van der Waals surface area contributed by atoms with Gasteiger partial charge in [0.2, 0.25) is 0 Å². The first-order valence-electron chi connectivity index (χ1n) is 8.49. The van der Waals surface area contributed by atoms with Crippen LogP contribution in [0, 0.1) is 0 Å². The predicted octanol–water partition coefficient (Wildman–Crippen LogP) is 3.73. The van der Waals surface area contributed by atoms with E-state index in [0.29, 0.717) is 6.54 Å². The molecule has 26 heavy (non-hydrogen) atoms. The van der Waals surface area contributed by atoms with E-state index in [1.54, 1.807) is 18.4 Å². The van der Waals surface area contributed by atoms with E-state index in [4.69, 9.17) is 4.74 Å². The Morgan fingerprint density at radius 1 is 1.19 bits per heavy atom. The van der Waals surface area contributed by atoms with Gasteiger partial charge in [-0.25, -0.2) is 4.99 Å². The van der Waals surface area contributed by atoms with Crippen molar-refractivity contribution in [3.05, 3.63) is 52.2 Å². The summed E-state index contributed by atoms with van der Waals surface area (Å²) in [7, 11) is 5.87. The highest BCUT2D eigenvalue weighted by atomic mass is 127. The maximum atomic E-state index is 5.25. The van der Waals surface area contributed by atoms with Crippen molar-refractivity contribution < 1.29 is 4.74 Å². The fraction of sp³-hybridized carbons (Fsp3) is 0.421. The lowest BCUT2D eigenvalue weighted by Crippen LogP contribution is -2.41. The predicted molar refractivity (Wildman–Crippen MR) is 122 cm³/mol. The van der Waals surface area contributed by atoms with E-state index in [1.807, 2.05) is 12.1 Å². The molecular weight excluding hydrogens is 459 g/mol. The van der Waals surface area contributed by atoms with Crippen LogP contribution >= 0.6 is 35.3 Å². The Hall–Kier alpha value is -1.32. The van der Waals surface area contributed by atoms with Crippen LogP contribution in [0.1, 0.15) is 23.4 Å². The molecule has 1 aromatic carbocycles. The number of hydrogen-bond acceptors (Lipinski definition) is 4. The molecule has 0 saturated heterocycles. The Bertz CT molecular complexity index is 644. The highest BCUT2D eigenvalue weighted by Gasteiger charge is 2.14. The van der Waals surface area contributed by atoms with E-state index in [2.05, 4.69) is 71.2 Å². The Balaban J connectivity index is 0.00000338. The maximum Gasteiger partial charge on any atom is 0.191 e. The number of likely N-dealkylation sites (N-methyl/N-ethyl adjacent to an activating group) is 1. The molecule has 0 saturated carbocycles. The van der Waals surface area contributed by atoms with Crippen LogP contribution < -0.4 is 15.4 Å². The van der Waals surface area contributed by atoms with Crippen molar-refractivity contribution in [2.24, 2.45) is 4.99 Å². The maximum absolute atomic E-state index is 5.25. The molecule has 5 nitrogen and oxygen atoms in total. The number of ether oxygens (including phenoxy) is 1. The highest BCUT2D eigenvalue weighted by Crippen LogP contribution is 2.20. The summed E-state index contributed by atoms with van der Waals surface area (Å²) >= 11 is 1.73.